The third-order valence-electron chi connectivity index (χ3n) is 4.14. The van der Waals surface area contributed by atoms with E-state index in [0.717, 1.165) is 16.8 Å². The lowest BCUT2D eigenvalue weighted by Gasteiger charge is -2.25. The first kappa shape index (κ1) is 16.8. The van der Waals surface area contributed by atoms with Gasteiger partial charge >= 0.3 is 6.03 Å². The van der Waals surface area contributed by atoms with Crippen molar-refractivity contribution in [2.45, 2.75) is 19.5 Å². The summed E-state index contributed by atoms with van der Waals surface area (Å²) in [7, 11) is 0. The fourth-order valence-electron chi connectivity index (χ4n) is 2.74. The Labute approximate surface area is 148 Å². The Balaban J connectivity index is 1.80. The van der Waals surface area contributed by atoms with E-state index >= 15 is 0 Å². The Morgan fingerprint density at radius 1 is 0.840 bits per heavy atom. The van der Waals surface area contributed by atoms with Crippen molar-refractivity contribution in [1.29, 1.82) is 0 Å². The molecule has 0 saturated carbocycles. The number of nitrogens with zero attached hydrogens (tertiary/aromatic N) is 1. The molecule has 0 saturated heterocycles. The summed E-state index contributed by atoms with van der Waals surface area (Å²) >= 11 is 0. The van der Waals surface area contributed by atoms with Crippen LogP contribution < -0.4 is 10.2 Å². The Morgan fingerprint density at radius 2 is 1.36 bits per heavy atom. The maximum Gasteiger partial charge on any atom is 0.322 e. The Bertz CT molecular complexity index is 788. The number of hydrogen-bond acceptors (Lipinski definition) is 1. The maximum atomic E-state index is 12.9. The zero-order valence-electron chi connectivity index (χ0n) is 14.3. The van der Waals surface area contributed by atoms with Gasteiger partial charge in [0.15, 0.2) is 0 Å². The predicted molar refractivity (Wildman–Crippen MR) is 102 cm³/mol. The fourth-order valence-corrected chi connectivity index (χ4v) is 2.74. The number of amides is 2. The third-order valence-corrected chi connectivity index (χ3v) is 4.14. The van der Waals surface area contributed by atoms with E-state index in [1.165, 1.54) is 0 Å². The normalized spacial score (nSPS) is 11.6. The molecule has 0 aromatic heterocycles. The Morgan fingerprint density at radius 3 is 1.96 bits per heavy atom. The van der Waals surface area contributed by atoms with Crippen LogP contribution in [0.4, 0.5) is 10.5 Å². The lowest BCUT2D eigenvalue weighted by molar-refractivity contribution is 0.243. The van der Waals surface area contributed by atoms with Crippen LogP contribution in [0, 0.1) is 0 Å². The van der Waals surface area contributed by atoms with Gasteiger partial charge in [-0.05, 0) is 30.2 Å². The van der Waals surface area contributed by atoms with Crippen molar-refractivity contribution < 1.29 is 4.79 Å². The van der Waals surface area contributed by atoms with Crippen molar-refractivity contribution in [3.63, 3.8) is 0 Å². The number of nitrogens with one attached hydrogen (secondary N) is 1. The van der Waals surface area contributed by atoms with Crippen LogP contribution in [0.25, 0.3) is 0 Å². The molecule has 0 aliphatic heterocycles. The second-order valence-electron chi connectivity index (χ2n) is 5.99. The predicted octanol–water partition coefficient (Wildman–Crippen LogP) is 5.16. The minimum Gasteiger partial charge on any atom is -0.331 e. The number of anilines is 1. The van der Waals surface area contributed by atoms with E-state index in [1.807, 2.05) is 97.9 Å². The molecule has 0 aliphatic rings. The van der Waals surface area contributed by atoms with Crippen LogP contribution in [0.1, 0.15) is 24.1 Å². The summed E-state index contributed by atoms with van der Waals surface area (Å²) in [5.74, 6) is 0. The van der Waals surface area contributed by atoms with Gasteiger partial charge in [-0.25, -0.2) is 4.79 Å². The summed E-state index contributed by atoms with van der Waals surface area (Å²) in [5.41, 5.74) is 3.06. The lowest BCUT2D eigenvalue weighted by atomic mass is 10.1. The van der Waals surface area contributed by atoms with Crippen molar-refractivity contribution in [3.05, 3.63) is 102 Å². The van der Waals surface area contributed by atoms with Gasteiger partial charge in [0.05, 0.1) is 12.6 Å². The molecule has 0 heterocycles. The maximum absolute atomic E-state index is 12.9. The van der Waals surface area contributed by atoms with Gasteiger partial charge in [0.1, 0.15) is 0 Å². The Hall–Kier alpha value is -3.07. The minimum absolute atomic E-state index is 0.0596. The molecule has 3 aromatic carbocycles. The third kappa shape index (κ3) is 4.48. The first-order valence-electron chi connectivity index (χ1n) is 8.46. The number of rotatable bonds is 5. The number of carbonyl (C=O) groups excluding carboxylic acids is 1. The molecule has 1 N–H and O–H groups in total. The molecule has 1 atom stereocenters. The number of para-hydroxylation sites is 1. The number of hydrogen-bond donors (Lipinski definition) is 1. The standard InChI is InChI=1S/C22H22N2O/c1-18(20-13-7-3-8-14-20)23-22(25)24(21-15-9-4-10-16-21)17-19-11-5-2-6-12-19/h2-16,18H,17H2,1H3,(H,23,25). The summed E-state index contributed by atoms with van der Waals surface area (Å²) < 4.78 is 0. The molecule has 0 aliphatic carbocycles. The molecular weight excluding hydrogens is 308 g/mol. The van der Waals surface area contributed by atoms with E-state index in [9.17, 15) is 4.79 Å². The van der Waals surface area contributed by atoms with E-state index in [1.54, 1.807) is 4.90 Å². The van der Waals surface area contributed by atoms with Crippen LogP contribution in [0.5, 0.6) is 0 Å². The Kier molecular flexibility index (Phi) is 5.47. The van der Waals surface area contributed by atoms with Gasteiger partial charge in [-0.15, -0.1) is 0 Å². The number of carbonyl (C=O) groups is 1. The molecule has 3 rings (SSSR count). The van der Waals surface area contributed by atoms with E-state index in [0.29, 0.717) is 6.54 Å². The molecular formula is C22H22N2O. The van der Waals surface area contributed by atoms with Gasteiger partial charge < -0.3 is 5.32 Å². The minimum atomic E-state index is -0.105. The average Bonchev–Trinajstić information content (AvgIpc) is 2.68. The van der Waals surface area contributed by atoms with Crippen molar-refractivity contribution in [2.75, 3.05) is 4.90 Å². The lowest BCUT2D eigenvalue weighted by Crippen LogP contribution is -2.40. The van der Waals surface area contributed by atoms with Gasteiger partial charge in [0.25, 0.3) is 0 Å². The van der Waals surface area contributed by atoms with Crippen LogP contribution in [-0.2, 0) is 6.54 Å². The molecule has 126 valence electrons. The zero-order valence-corrected chi connectivity index (χ0v) is 14.3. The monoisotopic (exact) mass is 330 g/mol. The first-order valence-corrected chi connectivity index (χ1v) is 8.46. The summed E-state index contributed by atoms with van der Waals surface area (Å²) in [5, 5.41) is 3.10. The van der Waals surface area contributed by atoms with Gasteiger partial charge in [0.2, 0.25) is 0 Å². The van der Waals surface area contributed by atoms with Crippen LogP contribution in [0.3, 0.4) is 0 Å². The largest absolute Gasteiger partial charge is 0.331 e. The second-order valence-corrected chi connectivity index (χ2v) is 5.99. The average molecular weight is 330 g/mol. The van der Waals surface area contributed by atoms with E-state index in [-0.39, 0.29) is 12.1 Å². The van der Waals surface area contributed by atoms with Crippen molar-refractivity contribution in [2.24, 2.45) is 0 Å². The smallest absolute Gasteiger partial charge is 0.322 e. The highest BCUT2D eigenvalue weighted by Crippen LogP contribution is 2.19. The summed E-state index contributed by atoms with van der Waals surface area (Å²) in [6.45, 7) is 2.52. The number of urea groups is 1. The van der Waals surface area contributed by atoms with E-state index < -0.39 is 0 Å². The second kappa shape index (κ2) is 8.15. The fraction of sp³-hybridized carbons (Fsp3) is 0.136. The quantitative estimate of drug-likeness (QED) is 0.688. The molecule has 1 unspecified atom stereocenters. The van der Waals surface area contributed by atoms with Gasteiger partial charge in [-0.2, -0.15) is 0 Å². The molecule has 0 radical (unpaired) electrons. The highest BCUT2D eigenvalue weighted by atomic mass is 16.2. The van der Waals surface area contributed by atoms with Gasteiger partial charge in [-0.3, -0.25) is 4.90 Å². The van der Waals surface area contributed by atoms with E-state index in [4.69, 9.17) is 0 Å². The SMILES string of the molecule is CC(NC(=O)N(Cc1ccccc1)c1ccccc1)c1ccccc1. The molecule has 2 amide bonds. The molecule has 0 spiro atoms. The summed E-state index contributed by atoms with van der Waals surface area (Å²) in [4.78, 5) is 14.7. The molecule has 0 fully saturated rings. The van der Waals surface area contributed by atoms with Crippen LogP contribution in [-0.4, -0.2) is 6.03 Å². The molecule has 3 nitrogen and oxygen atoms in total. The molecule has 3 aromatic rings. The van der Waals surface area contributed by atoms with Crippen LogP contribution in [0.2, 0.25) is 0 Å². The molecule has 25 heavy (non-hydrogen) atoms. The van der Waals surface area contributed by atoms with E-state index in [2.05, 4.69) is 5.32 Å². The van der Waals surface area contributed by atoms with Crippen LogP contribution >= 0.6 is 0 Å². The highest BCUT2D eigenvalue weighted by molar-refractivity contribution is 5.92. The molecule has 3 heteroatoms. The van der Waals surface area contributed by atoms with Crippen LogP contribution in [0.15, 0.2) is 91.0 Å². The molecule has 0 bridgehead atoms. The van der Waals surface area contributed by atoms with Gasteiger partial charge in [-0.1, -0.05) is 78.9 Å². The topological polar surface area (TPSA) is 32.3 Å². The number of benzene rings is 3. The van der Waals surface area contributed by atoms with Crippen molar-refractivity contribution in [1.82, 2.24) is 5.32 Å². The highest BCUT2D eigenvalue weighted by Gasteiger charge is 2.18. The van der Waals surface area contributed by atoms with Crippen molar-refractivity contribution >= 4 is 11.7 Å². The summed E-state index contributed by atoms with van der Waals surface area (Å²) in [6, 6.07) is 29.6. The first-order chi connectivity index (χ1) is 12.2. The summed E-state index contributed by atoms with van der Waals surface area (Å²) in [6.07, 6.45) is 0. The van der Waals surface area contributed by atoms with Gasteiger partial charge in [0, 0.05) is 5.69 Å². The zero-order chi connectivity index (χ0) is 17.5. The van der Waals surface area contributed by atoms with Crippen molar-refractivity contribution in [3.8, 4) is 0 Å².